The molecule has 5 nitrogen and oxygen atoms in total. The Balaban J connectivity index is 2.10. The highest BCUT2D eigenvalue weighted by molar-refractivity contribution is 5.62. The molecule has 1 aromatic carbocycles. The molecule has 21 heavy (non-hydrogen) atoms. The smallest absolute Gasteiger partial charge is 0.292 e. The third-order valence-electron chi connectivity index (χ3n) is 3.79. The fourth-order valence-corrected chi connectivity index (χ4v) is 2.64. The van der Waals surface area contributed by atoms with Crippen molar-refractivity contribution in [2.24, 2.45) is 5.92 Å². The summed E-state index contributed by atoms with van der Waals surface area (Å²) in [4.78, 5) is 13.3. The van der Waals surface area contributed by atoms with E-state index in [1.54, 1.807) is 6.07 Å². The third-order valence-corrected chi connectivity index (χ3v) is 3.79. The molecule has 0 atom stereocenters. The van der Waals surface area contributed by atoms with Gasteiger partial charge in [0.05, 0.1) is 4.92 Å². The summed E-state index contributed by atoms with van der Waals surface area (Å²) in [5.74, 6) is 0.840. The van der Waals surface area contributed by atoms with Crippen LogP contribution < -0.4 is 5.32 Å². The van der Waals surface area contributed by atoms with Crippen LogP contribution in [0.4, 0.5) is 11.4 Å². The molecule has 1 aliphatic carbocycles. The van der Waals surface area contributed by atoms with Crippen LogP contribution in [-0.4, -0.2) is 29.5 Å². The van der Waals surface area contributed by atoms with E-state index in [9.17, 15) is 10.1 Å². The van der Waals surface area contributed by atoms with Gasteiger partial charge in [-0.15, -0.1) is 0 Å². The molecule has 0 spiro atoms. The van der Waals surface area contributed by atoms with E-state index in [-0.39, 0.29) is 10.6 Å². The first-order valence-corrected chi connectivity index (χ1v) is 7.87. The highest BCUT2D eigenvalue weighted by Gasteiger charge is 2.24. The van der Waals surface area contributed by atoms with Crippen LogP contribution in [0, 0.1) is 16.0 Å². The lowest BCUT2D eigenvalue weighted by Gasteiger charge is -2.21. The van der Waals surface area contributed by atoms with Gasteiger partial charge in [-0.3, -0.25) is 15.0 Å². The minimum Gasteiger partial charge on any atom is -0.380 e. The van der Waals surface area contributed by atoms with Crippen LogP contribution in [0.1, 0.15) is 38.7 Å². The first-order chi connectivity index (χ1) is 10.1. The van der Waals surface area contributed by atoms with Crippen LogP contribution in [0.3, 0.4) is 0 Å². The van der Waals surface area contributed by atoms with Gasteiger partial charge in [0.25, 0.3) is 5.69 Å². The second-order valence-corrected chi connectivity index (χ2v) is 5.82. The fraction of sp³-hybridized carbons (Fsp3) is 0.625. The molecule has 116 valence electrons. The van der Waals surface area contributed by atoms with Crippen molar-refractivity contribution in [2.75, 3.05) is 25.0 Å². The van der Waals surface area contributed by atoms with E-state index in [1.807, 2.05) is 19.1 Å². The molecule has 1 aliphatic rings. The van der Waals surface area contributed by atoms with Gasteiger partial charge < -0.3 is 5.32 Å². The van der Waals surface area contributed by atoms with Crippen LogP contribution in [0.2, 0.25) is 0 Å². The molecule has 1 fully saturated rings. The minimum absolute atomic E-state index is 0.178. The summed E-state index contributed by atoms with van der Waals surface area (Å²) < 4.78 is 0. The SMILES string of the molecule is CCCN(Cc1ccc(NCC)c([N+](=O)[O-])c1)CC1CC1. The Hall–Kier alpha value is -1.62. The predicted molar refractivity (Wildman–Crippen MR) is 85.6 cm³/mol. The van der Waals surface area contributed by atoms with Crippen molar-refractivity contribution in [3.05, 3.63) is 33.9 Å². The molecule has 0 radical (unpaired) electrons. The highest BCUT2D eigenvalue weighted by atomic mass is 16.6. The lowest BCUT2D eigenvalue weighted by Crippen LogP contribution is -2.26. The first-order valence-electron chi connectivity index (χ1n) is 7.87. The van der Waals surface area contributed by atoms with Gasteiger partial charge >= 0.3 is 0 Å². The molecule has 2 rings (SSSR count). The minimum atomic E-state index is -0.299. The number of nitro benzene ring substituents is 1. The van der Waals surface area contributed by atoms with Gasteiger partial charge in [-0.2, -0.15) is 0 Å². The van der Waals surface area contributed by atoms with Crippen LogP contribution in [-0.2, 0) is 6.54 Å². The van der Waals surface area contributed by atoms with Gasteiger partial charge in [0.1, 0.15) is 5.69 Å². The predicted octanol–water partition coefficient (Wildman–Crippen LogP) is 3.65. The summed E-state index contributed by atoms with van der Waals surface area (Å²) in [7, 11) is 0. The zero-order valence-corrected chi connectivity index (χ0v) is 13.0. The Labute approximate surface area is 126 Å². The van der Waals surface area contributed by atoms with E-state index < -0.39 is 0 Å². The summed E-state index contributed by atoms with van der Waals surface area (Å²) >= 11 is 0. The molecule has 1 N–H and O–H groups in total. The molecular formula is C16H25N3O2. The van der Waals surface area contributed by atoms with E-state index in [1.165, 1.54) is 12.8 Å². The van der Waals surface area contributed by atoms with Crippen molar-refractivity contribution in [1.29, 1.82) is 0 Å². The lowest BCUT2D eigenvalue weighted by molar-refractivity contribution is -0.384. The van der Waals surface area contributed by atoms with Gasteiger partial charge in [-0.1, -0.05) is 13.0 Å². The van der Waals surface area contributed by atoms with Crippen molar-refractivity contribution in [3.8, 4) is 0 Å². The summed E-state index contributed by atoms with van der Waals surface area (Å²) in [6.07, 6.45) is 3.78. The Morgan fingerprint density at radius 1 is 1.38 bits per heavy atom. The van der Waals surface area contributed by atoms with Crippen molar-refractivity contribution in [3.63, 3.8) is 0 Å². The third kappa shape index (κ3) is 4.70. The number of nitrogens with one attached hydrogen (secondary N) is 1. The standard InChI is InChI=1S/C16H25N3O2/c1-3-9-18(11-13-5-6-13)12-14-7-8-15(17-4-2)16(10-14)19(20)21/h7-8,10,13,17H,3-6,9,11-12H2,1-2H3. The monoisotopic (exact) mass is 291 g/mol. The molecule has 0 unspecified atom stereocenters. The van der Waals surface area contributed by atoms with Gasteiger partial charge in [0, 0.05) is 25.7 Å². The summed E-state index contributed by atoms with van der Waals surface area (Å²) in [5.41, 5.74) is 1.81. The number of rotatable bonds is 9. The Kier molecular flexibility index (Phi) is 5.56. The maximum atomic E-state index is 11.2. The van der Waals surface area contributed by atoms with Crippen LogP contribution >= 0.6 is 0 Å². The Morgan fingerprint density at radius 2 is 2.14 bits per heavy atom. The van der Waals surface area contributed by atoms with Gasteiger partial charge in [0.2, 0.25) is 0 Å². The average molecular weight is 291 g/mol. The molecule has 0 amide bonds. The molecule has 1 aromatic rings. The Bertz CT molecular complexity index is 486. The number of anilines is 1. The summed E-state index contributed by atoms with van der Waals surface area (Å²) in [6.45, 7) is 7.78. The maximum Gasteiger partial charge on any atom is 0.292 e. The van der Waals surface area contributed by atoms with Crippen molar-refractivity contribution < 1.29 is 4.92 Å². The molecule has 0 bridgehead atoms. The molecule has 1 saturated carbocycles. The van der Waals surface area contributed by atoms with E-state index in [4.69, 9.17) is 0 Å². The molecule has 0 heterocycles. The second kappa shape index (κ2) is 7.41. The van der Waals surface area contributed by atoms with Crippen molar-refractivity contribution in [2.45, 2.75) is 39.7 Å². The molecule has 0 aliphatic heterocycles. The molecular weight excluding hydrogens is 266 g/mol. The molecule has 0 aromatic heterocycles. The van der Waals surface area contributed by atoms with Gasteiger partial charge in [-0.05, 0) is 50.3 Å². The normalized spacial score (nSPS) is 14.4. The maximum absolute atomic E-state index is 11.2. The van der Waals surface area contributed by atoms with E-state index in [0.717, 1.165) is 37.5 Å². The van der Waals surface area contributed by atoms with Crippen LogP contribution in [0.25, 0.3) is 0 Å². The van der Waals surface area contributed by atoms with Gasteiger partial charge in [0.15, 0.2) is 0 Å². The average Bonchev–Trinajstić information content (AvgIpc) is 3.24. The van der Waals surface area contributed by atoms with E-state index >= 15 is 0 Å². The quantitative estimate of drug-likeness (QED) is 0.557. The van der Waals surface area contributed by atoms with Crippen molar-refractivity contribution >= 4 is 11.4 Å². The number of nitrogens with zero attached hydrogens (tertiary/aromatic N) is 2. The largest absolute Gasteiger partial charge is 0.380 e. The zero-order chi connectivity index (χ0) is 15.2. The Morgan fingerprint density at radius 3 is 2.71 bits per heavy atom. The zero-order valence-electron chi connectivity index (χ0n) is 13.0. The van der Waals surface area contributed by atoms with E-state index in [0.29, 0.717) is 12.2 Å². The first kappa shape index (κ1) is 15.8. The van der Waals surface area contributed by atoms with Gasteiger partial charge in [-0.25, -0.2) is 0 Å². The summed E-state index contributed by atoms with van der Waals surface area (Å²) in [6, 6.07) is 5.55. The number of hydrogen-bond acceptors (Lipinski definition) is 4. The lowest BCUT2D eigenvalue weighted by atomic mass is 10.1. The van der Waals surface area contributed by atoms with Crippen LogP contribution in [0.15, 0.2) is 18.2 Å². The fourth-order valence-electron chi connectivity index (χ4n) is 2.64. The number of nitro groups is 1. The molecule has 0 saturated heterocycles. The van der Waals surface area contributed by atoms with Crippen molar-refractivity contribution in [1.82, 2.24) is 4.90 Å². The number of benzene rings is 1. The van der Waals surface area contributed by atoms with E-state index in [2.05, 4.69) is 17.1 Å². The highest BCUT2D eigenvalue weighted by Crippen LogP contribution is 2.31. The molecule has 5 heteroatoms. The number of hydrogen-bond donors (Lipinski definition) is 1. The summed E-state index contributed by atoms with van der Waals surface area (Å²) in [5, 5.41) is 14.3. The second-order valence-electron chi connectivity index (χ2n) is 5.82. The van der Waals surface area contributed by atoms with Crippen LogP contribution in [0.5, 0.6) is 0 Å². The topological polar surface area (TPSA) is 58.4 Å².